The van der Waals surface area contributed by atoms with Crippen molar-refractivity contribution in [1.82, 2.24) is 14.8 Å². The average molecular weight is 443 g/mol. The number of ether oxygens (including phenoxy) is 1. The molecule has 3 amide bonds. The summed E-state index contributed by atoms with van der Waals surface area (Å²) in [4.78, 5) is 45.8. The minimum Gasteiger partial charge on any atom is -0.378 e. The predicted octanol–water partition coefficient (Wildman–Crippen LogP) is 2.10. The van der Waals surface area contributed by atoms with E-state index in [-0.39, 0.29) is 36.7 Å². The zero-order valence-corrected chi connectivity index (χ0v) is 18.3. The molecule has 2 aliphatic rings. The third-order valence-electron chi connectivity index (χ3n) is 5.43. The Morgan fingerprint density at radius 1 is 1.23 bits per heavy atom. The number of nitrogens with one attached hydrogen (secondary N) is 1. The van der Waals surface area contributed by atoms with E-state index in [9.17, 15) is 14.4 Å². The molecule has 8 nitrogen and oxygen atoms in total. The number of carbonyl (C=O) groups is 3. The van der Waals surface area contributed by atoms with Gasteiger partial charge in [-0.15, -0.1) is 11.3 Å². The third-order valence-corrected chi connectivity index (χ3v) is 6.24. The van der Waals surface area contributed by atoms with Gasteiger partial charge in [-0.2, -0.15) is 0 Å². The Hall–Kier alpha value is -2.78. The van der Waals surface area contributed by atoms with Crippen molar-refractivity contribution < 1.29 is 19.1 Å². The number of morpholine rings is 1. The maximum Gasteiger partial charge on any atom is 0.254 e. The molecule has 0 bridgehead atoms. The lowest BCUT2D eigenvalue weighted by molar-refractivity contribution is -0.134. The van der Waals surface area contributed by atoms with Gasteiger partial charge in [-0.1, -0.05) is 18.2 Å². The molecule has 2 fully saturated rings. The molecule has 1 saturated carbocycles. The molecule has 0 unspecified atom stereocenters. The van der Waals surface area contributed by atoms with E-state index >= 15 is 0 Å². The summed E-state index contributed by atoms with van der Waals surface area (Å²) in [7, 11) is 0. The lowest BCUT2D eigenvalue weighted by Crippen LogP contribution is -2.41. The number of rotatable bonds is 7. The van der Waals surface area contributed by atoms with Gasteiger partial charge < -0.3 is 19.9 Å². The molecule has 1 aromatic carbocycles. The number of nitrogens with zero attached hydrogens (tertiary/aromatic N) is 3. The van der Waals surface area contributed by atoms with Crippen molar-refractivity contribution >= 4 is 34.2 Å². The monoisotopic (exact) mass is 442 g/mol. The van der Waals surface area contributed by atoms with Crippen molar-refractivity contribution in [3.63, 3.8) is 0 Å². The van der Waals surface area contributed by atoms with Crippen LogP contribution >= 0.6 is 11.3 Å². The van der Waals surface area contributed by atoms with Crippen LogP contribution < -0.4 is 5.32 Å². The van der Waals surface area contributed by atoms with Crippen LogP contribution in [0.25, 0.3) is 0 Å². The van der Waals surface area contributed by atoms with Gasteiger partial charge in [0.2, 0.25) is 11.8 Å². The number of carbonyl (C=O) groups excluding carboxylic acids is 3. The van der Waals surface area contributed by atoms with E-state index in [1.807, 2.05) is 25.1 Å². The molecule has 164 valence electrons. The molecule has 31 heavy (non-hydrogen) atoms. The molecule has 1 aliphatic heterocycles. The molecular formula is C22H26N4O4S. The molecule has 1 aliphatic carbocycles. The first-order valence-electron chi connectivity index (χ1n) is 10.5. The fourth-order valence-electron chi connectivity index (χ4n) is 3.56. The van der Waals surface area contributed by atoms with Crippen molar-refractivity contribution in [3.05, 3.63) is 46.5 Å². The predicted molar refractivity (Wildman–Crippen MR) is 117 cm³/mol. The van der Waals surface area contributed by atoms with Crippen LogP contribution in [-0.4, -0.2) is 71.4 Å². The first-order valence-corrected chi connectivity index (χ1v) is 11.4. The molecular weight excluding hydrogens is 416 g/mol. The fourth-order valence-corrected chi connectivity index (χ4v) is 4.29. The van der Waals surface area contributed by atoms with Crippen LogP contribution in [0.2, 0.25) is 0 Å². The van der Waals surface area contributed by atoms with Gasteiger partial charge >= 0.3 is 0 Å². The second-order valence-electron chi connectivity index (χ2n) is 7.84. The molecule has 1 saturated heterocycles. The van der Waals surface area contributed by atoms with E-state index < -0.39 is 0 Å². The molecule has 0 spiro atoms. The number of benzene rings is 1. The maximum atomic E-state index is 13.0. The first-order chi connectivity index (χ1) is 15.0. The van der Waals surface area contributed by atoms with Gasteiger partial charge in [0.15, 0.2) is 5.13 Å². The van der Waals surface area contributed by atoms with E-state index in [4.69, 9.17) is 4.74 Å². The Kier molecular flexibility index (Phi) is 6.62. The highest BCUT2D eigenvalue weighted by molar-refractivity contribution is 7.13. The summed E-state index contributed by atoms with van der Waals surface area (Å²) in [5.41, 5.74) is 2.15. The highest BCUT2D eigenvalue weighted by Gasteiger charge is 2.34. The molecule has 2 aromatic rings. The highest BCUT2D eigenvalue weighted by atomic mass is 32.1. The minimum absolute atomic E-state index is 0.00946. The van der Waals surface area contributed by atoms with Crippen LogP contribution in [0.3, 0.4) is 0 Å². The summed E-state index contributed by atoms with van der Waals surface area (Å²) in [6.07, 6.45) is 2.03. The van der Waals surface area contributed by atoms with Gasteiger partial charge in [0, 0.05) is 30.1 Å². The van der Waals surface area contributed by atoms with Crippen molar-refractivity contribution in [2.75, 3.05) is 38.2 Å². The molecule has 9 heteroatoms. The molecule has 2 heterocycles. The molecule has 4 rings (SSSR count). The van der Waals surface area contributed by atoms with Crippen molar-refractivity contribution in [1.29, 1.82) is 0 Å². The van der Waals surface area contributed by atoms with E-state index in [2.05, 4.69) is 10.3 Å². The summed E-state index contributed by atoms with van der Waals surface area (Å²) in [6, 6.07) is 7.53. The van der Waals surface area contributed by atoms with Gasteiger partial charge in [0.05, 0.1) is 25.3 Å². The summed E-state index contributed by atoms with van der Waals surface area (Å²) >= 11 is 1.28. The Labute approximate surface area is 185 Å². The average Bonchev–Trinajstić information content (AvgIpc) is 3.53. The zero-order chi connectivity index (χ0) is 21.8. The van der Waals surface area contributed by atoms with Gasteiger partial charge in [0.25, 0.3) is 5.91 Å². The van der Waals surface area contributed by atoms with Gasteiger partial charge in [-0.05, 0) is 31.4 Å². The SMILES string of the molecule is Cc1ccccc1C(=O)N(CC(=O)Nc1nc(CC(=O)N2CCOCC2)cs1)C1CC1. The first kappa shape index (κ1) is 21.5. The molecule has 1 N–H and O–H groups in total. The smallest absolute Gasteiger partial charge is 0.254 e. The topological polar surface area (TPSA) is 91.8 Å². The van der Waals surface area contributed by atoms with E-state index in [1.54, 1.807) is 21.2 Å². The van der Waals surface area contributed by atoms with Crippen LogP contribution in [0.5, 0.6) is 0 Å². The lowest BCUT2D eigenvalue weighted by atomic mass is 10.1. The number of thiazole rings is 1. The Balaban J connectivity index is 1.34. The van der Waals surface area contributed by atoms with E-state index in [0.29, 0.717) is 42.7 Å². The van der Waals surface area contributed by atoms with Gasteiger partial charge in [-0.3, -0.25) is 14.4 Å². The summed E-state index contributed by atoms with van der Waals surface area (Å²) in [5.74, 6) is -0.392. The summed E-state index contributed by atoms with van der Waals surface area (Å²) in [5, 5.41) is 5.00. The minimum atomic E-state index is -0.283. The Morgan fingerprint density at radius 3 is 2.68 bits per heavy atom. The van der Waals surface area contributed by atoms with Crippen molar-refractivity contribution in [2.24, 2.45) is 0 Å². The molecule has 1 aromatic heterocycles. The Bertz CT molecular complexity index is 966. The number of anilines is 1. The number of aryl methyl sites for hydroxylation is 1. The second kappa shape index (κ2) is 9.57. The summed E-state index contributed by atoms with van der Waals surface area (Å²) < 4.78 is 5.27. The normalized spacial score (nSPS) is 16.1. The zero-order valence-electron chi connectivity index (χ0n) is 17.5. The standard InChI is InChI=1S/C22H26N4O4S/c1-15-4-2-3-5-18(15)21(29)26(17-6-7-17)13-19(27)24-22-23-16(14-31-22)12-20(28)25-8-10-30-11-9-25/h2-5,14,17H,6-13H2,1H3,(H,23,24,27). The van der Waals surface area contributed by atoms with Crippen molar-refractivity contribution in [2.45, 2.75) is 32.2 Å². The highest BCUT2D eigenvalue weighted by Crippen LogP contribution is 2.29. The lowest BCUT2D eigenvalue weighted by Gasteiger charge is -2.26. The molecule has 0 atom stereocenters. The van der Waals surface area contributed by atoms with Crippen LogP contribution in [0.15, 0.2) is 29.6 Å². The number of aromatic nitrogens is 1. The summed E-state index contributed by atoms with van der Waals surface area (Å²) in [6.45, 7) is 4.19. The third kappa shape index (κ3) is 5.48. The Morgan fingerprint density at radius 2 is 1.97 bits per heavy atom. The number of hydrogen-bond donors (Lipinski definition) is 1. The maximum absolute atomic E-state index is 13.0. The van der Waals surface area contributed by atoms with Crippen LogP contribution in [0.4, 0.5) is 5.13 Å². The number of amides is 3. The quantitative estimate of drug-likeness (QED) is 0.709. The van der Waals surface area contributed by atoms with E-state index in [0.717, 1.165) is 18.4 Å². The fraction of sp³-hybridized carbons (Fsp3) is 0.455. The van der Waals surface area contributed by atoms with E-state index in [1.165, 1.54) is 11.3 Å². The van der Waals surface area contributed by atoms with Gasteiger partial charge in [-0.25, -0.2) is 4.98 Å². The van der Waals surface area contributed by atoms with Gasteiger partial charge in [0.1, 0.15) is 6.54 Å². The number of hydrogen-bond acceptors (Lipinski definition) is 6. The van der Waals surface area contributed by atoms with Crippen LogP contribution in [0.1, 0.15) is 34.5 Å². The van der Waals surface area contributed by atoms with Crippen molar-refractivity contribution in [3.8, 4) is 0 Å². The van der Waals surface area contributed by atoms with Crippen LogP contribution in [0, 0.1) is 6.92 Å². The largest absolute Gasteiger partial charge is 0.378 e. The van der Waals surface area contributed by atoms with Crippen LogP contribution in [-0.2, 0) is 20.7 Å². The second-order valence-corrected chi connectivity index (χ2v) is 8.70. The molecule has 0 radical (unpaired) electrons.